The molecule has 0 fully saturated rings. The Morgan fingerprint density at radius 2 is 1.56 bits per heavy atom. The fourth-order valence-corrected chi connectivity index (χ4v) is 4.12. The van der Waals surface area contributed by atoms with Gasteiger partial charge in [-0.25, -0.2) is 4.79 Å². The molecule has 9 nitrogen and oxygen atoms in total. The second-order valence-corrected chi connectivity index (χ2v) is 10.7. The lowest BCUT2D eigenvalue weighted by molar-refractivity contribution is 0.0521. The van der Waals surface area contributed by atoms with Crippen LogP contribution in [0.15, 0.2) is 66.7 Å². The number of nitrogens with one attached hydrogen (secondary N) is 2. The number of hydrogen-bond donors (Lipinski definition) is 2. The maximum Gasteiger partial charge on any atom is 0.407 e. The predicted molar refractivity (Wildman–Crippen MR) is 160 cm³/mol. The number of para-hydroxylation sites is 1. The molecule has 218 valence electrons. The fourth-order valence-electron chi connectivity index (χ4n) is 4.12. The van der Waals surface area contributed by atoms with Crippen LogP contribution in [-0.2, 0) is 4.74 Å². The molecule has 0 aliphatic carbocycles. The summed E-state index contributed by atoms with van der Waals surface area (Å²) in [6.07, 6.45) is -0.286. The van der Waals surface area contributed by atoms with Crippen LogP contribution in [0.1, 0.15) is 54.8 Å². The monoisotopic (exact) mass is 561 g/mol. The summed E-state index contributed by atoms with van der Waals surface area (Å²) in [5, 5.41) is 5.65. The van der Waals surface area contributed by atoms with Crippen molar-refractivity contribution in [2.24, 2.45) is 0 Å². The summed E-state index contributed by atoms with van der Waals surface area (Å²) < 4.78 is 17.1. The maximum absolute atomic E-state index is 13.5. The van der Waals surface area contributed by atoms with Crippen LogP contribution in [0.25, 0.3) is 11.1 Å². The number of alkyl carbamates (subject to hydrolysis) is 1. The van der Waals surface area contributed by atoms with Gasteiger partial charge in [0, 0.05) is 32.6 Å². The summed E-state index contributed by atoms with van der Waals surface area (Å²) in [6, 6.07) is 19.7. The fraction of sp³-hybridized carbons (Fsp3) is 0.344. The van der Waals surface area contributed by atoms with E-state index >= 15 is 0 Å². The average molecular weight is 562 g/mol. The van der Waals surface area contributed by atoms with Gasteiger partial charge in [0.05, 0.1) is 30.0 Å². The molecule has 1 unspecified atom stereocenters. The van der Waals surface area contributed by atoms with Gasteiger partial charge < -0.3 is 29.7 Å². The van der Waals surface area contributed by atoms with Gasteiger partial charge in [-0.1, -0.05) is 42.5 Å². The zero-order valence-electron chi connectivity index (χ0n) is 24.7. The molecule has 3 rings (SSSR count). The van der Waals surface area contributed by atoms with Crippen molar-refractivity contribution in [2.75, 3.05) is 33.1 Å². The molecule has 3 aromatic carbocycles. The largest absolute Gasteiger partial charge is 0.494 e. The molecular formula is C32H39N3O6. The van der Waals surface area contributed by atoms with Gasteiger partial charge in [0.25, 0.3) is 11.8 Å². The first kappa shape index (κ1) is 31.0. The van der Waals surface area contributed by atoms with E-state index in [1.165, 1.54) is 12.0 Å². The number of nitrogens with zero attached hydrogens (tertiary/aromatic N) is 1. The first-order valence-corrected chi connectivity index (χ1v) is 13.4. The summed E-state index contributed by atoms with van der Waals surface area (Å²) in [5.41, 5.74) is 1.98. The second kappa shape index (κ2) is 13.7. The second-order valence-electron chi connectivity index (χ2n) is 10.7. The van der Waals surface area contributed by atoms with E-state index in [1.807, 2.05) is 37.3 Å². The lowest BCUT2D eigenvalue weighted by Gasteiger charge is -2.21. The number of ether oxygens (including phenoxy) is 3. The Morgan fingerprint density at radius 3 is 2.20 bits per heavy atom. The number of carbonyl (C=O) groups excluding carboxylic acids is 3. The minimum atomic E-state index is -0.578. The number of methoxy groups -OCH3 is 1. The normalized spacial score (nSPS) is 11.7. The van der Waals surface area contributed by atoms with Crippen molar-refractivity contribution in [1.29, 1.82) is 0 Å². The Balaban J connectivity index is 1.82. The molecule has 1 atom stereocenters. The van der Waals surface area contributed by atoms with Crippen LogP contribution in [0.4, 0.5) is 10.5 Å². The molecular weight excluding hydrogens is 522 g/mol. The molecule has 2 N–H and O–H groups in total. The van der Waals surface area contributed by atoms with Gasteiger partial charge in [-0.05, 0) is 57.5 Å². The zero-order valence-corrected chi connectivity index (χ0v) is 24.7. The predicted octanol–water partition coefficient (Wildman–Crippen LogP) is 6.00. The van der Waals surface area contributed by atoms with Crippen molar-refractivity contribution in [3.05, 3.63) is 77.9 Å². The SMILES string of the molecule is COc1c(NC(=O)c2ccccc2OC(C)CCNC(=O)OC(C)(C)C)ccc(C(=O)N(C)C)c1-c1ccccc1. The minimum absolute atomic E-state index is 0.186. The Morgan fingerprint density at radius 1 is 0.902 bits per heavy atom. The number of anilines is 1. The minimum Gasteiger partial charge on any atom is -0.494 e. The van der Waals surface area contributed by atoms with Crippen LogP contribution in [0.3, 0.4) is 0 Å². The van der Waals surface area contributed by atoms with Crippen molar-refractivity contribution >= 4 is 23.6 Å². The molecule has 3 amide bonds. The van der Waals surface area contributed by atoms with E-state index in [9.17, 15) is 14.4 Å². The first-order valence-electron chi connectivity index (χ1n) is 13.4. The number of hydrogen-bond acceptors (Lipinski definition) is 6. The third-order valence-electron chi connectivity index (χ3n) is 5.99. The van der Waals surface area contributed by atoms with E-state index in [2.05, 4.69) is 10.6 Å². The van der Waals surface area contributed by atoms with Gasteiger partial charge in [-0.15, -0.1) is 0 Å². The van der Waals surface area contributed by atoms with Gasteiger partial charge in [0.15, 0.2) is 5.75 Å². The highest BCUT2D eigenvalue weighted by molar-refractivity contribution is 6.09. The highest BCUT2D eigenvalue weighted by Gasteiger charge is 2.24. The van der Waals surface area contributed by atoms with E-state index in [0.717, 1.165) is 5.56 Å². The Bertz CT molecular complexity index is 1370. The Hall–Kier alpha value is -4.53. The molecule has 0 bridgehead atoms. The standard InChI is InChI=1S/C32H39N3O6/c1-21(19-20-33-31(38)41-32(2,3)4)40-26-16-12-11-15-23(26)29(36)34-25-18-17-24(30(37)35(5)6)27(28(25)39-7)22-13-9-8-10-14-22/h8-18,21H,19-20H2,1-7H3,(H,33,38)(H,34,36). The van der Waals surface area contributed by atoms with Crippen LogP contribution in [-0.4, -0.2) is 62.3 Å². The molecule has 3 aromatic rings. The molecule has 0 aliphatic rings. The summed E-state index contributed by atoms with van der Waals surface area (Å²) in [5.74, 6) is 0.186. The lowest BCUT2D eigenvalue weighted by Crippen LogP contribution is -2.34. The third-order valence-corrected chi connectivity index (χ3v) is 5.99. The van der Waals surface area contributed by atoms with Crippen molar-refractivity contribution in [3.8, 4) is 22.6 Å². The first-order chi connectivity index (χ1) is 19.4. The van der Waals surface area contributed by atoms with Gasteiger partial charge in [0.2, 0.25) is 0 Å². The highest BCUT2D eigenvalue weighted by atomic mass is 16.6. The van der Waals surface area contributed by atoms with E-state index in [1.54, 1.807) is 71.3 Å². The van der Waals surface area contributed by atoms with E-state index in [4.69, 9.17) is 14.2 Å². The summed E-state index contributed by atoms with van der Waals surface area (Å²) in [6.45, 7) is 7.62. The third kappa shape index (κ3) is 8.48. The molecule has 41 heavy (non-hydrogen) atoms. The summed E-state index contributed by atoms with van der Waals surface area (Å²) >= 11 is 0. The molecule has 0 spiro atoms. The lowest BCUT2D eigenvalue weighted by atomic mass is 9.96. The van der Waals surface area contributed by atoms with E-state index < -0.39 is 17.6 Å². The number of amides is 3. The molecule has 9 heteroatoms. The Labute approximate surface area is 241 Å². The average Bonchev–Trinajstić information content (AvgIpc) is 2.92. The van der Waals surface area contributed by atoms with Crippen molar-refractivity contribution in [1.82, 2.24) is 10.2 Å². The molecule has 0 heterocycles. The van der Waals surface area contributed by atoms with Crippen molar-refractivity contribution in [2.45, 2.75) is 45.8 Å². The van der Waals surface area contributed by atoms with E-state index in [-0.39, 0.29) is 12.0 Å². The number of benzene rings is 3. The van der Waals surface area contributed by atoms with Crippen LogP contribution in [0, 0.1) is 0 Å². The van der Waals surface area contributed by atoms with Gasteiger partial charge in [-0.3, -0.25) is 9.59 Å². The topological polar surface area (TPSA) is 106 Å². The zero-order chi connectivity index (χ0) is 30.2. The van der Waals surface area contributed by atoms with Gasteiger partial charge in [0.1, 0.15) is 11.4 Å². The number of carbonyl (C=O) groups is 3. The molecule has 0 aliphatic heterocycles. The van der Waals surface area contributed by atoms with Crippen LogP contribution >= 0.6 is 0 Å². The highest BCUT2D eigenvalue weighted by Crippen LogP contribution is 2.40. The van der Waals surface area contributed by atoms with Crippen LogP contribution in [0.5, 0.6) is 11.5 Å². The van der Waals surface area contributed by atoms with Gasteiger partial charge in [-0.2, -0.15) is 0 Å². The quantitative estimate of drug-likeness (QED) is 0.315. The summed E-state index contributed by atoms with van der Waals surface area (Å²) in [7, 11) is 4.88. The molecule has 0 saturated carbocycles. The Kier molecular flexibility index (Phi) is 10.4. The van der Waals surface area contributed by atoms with Crippen LogP contribution in [0.2, 0.25) is 0 Å². The molecule has 0 radical (unpaired) electrons. The van der Waals surface area contributed by atoms with Crippen LogP contribution < -0.4 is 20.1 Å². The van der Waals surface area contributed by atoms with Crippen molar-refractivity contribution < 1.29 is 28.6 Å². The van der Waals surface area contributed by atoms with Gasteiger partial charge >= 0.3 is 6.09 Å². The maximum atomic E-state index is 13.5. The molecule has 0 aromatic heterocycles. The summed E-state index contributed by atoms with van der Waals surface area (Å²) in [4.78, 5) is 39.9. The smallest absolute Gasteiger partial charge is 0.407 e. The molecule has 0 saturated heterocycles. The van der Waals surface area contributed by atoms with E-state index in [0.29, 0.717) is 46.8 Å². The van der Waals surface area contributed by atoms with Crippen molar-refractivity contribution in [3.63, 3.8) is 0 Å². The number of rotatable bonds is 10.